The summed E-state index contributed by atoms with van der Waals surface area (Å²) in [5.74, 6) is 0.333. The Kier molecular flexibility index (Phi) is 6.75. The molecule has 1 aliphatic carbocycles. The van der Waals surface area contributed by atoms with E-state index in [4.69, 9.17) is 0 Å². The highest BCUT2D eigenvalue weighted by Gasteiger charge is 2.27. The molecule has 0 N–H and O–H groups in total. The molecule has 0 heterocycles. The number of unbranched alkanes of at least 4 members (excludes halogenated alkanes) is 4. The summed E-state index contributed by atoms with van der Waals surface area (Å²) in [5, 5.41) is 0. The molecule has 0 amide bonds. The maximum absolute atomic E-state index is 12.1. The summed E-state index contributed by atoms with van der Waals surface area (Å²) in [6.45, 7) is 9.95. The van der Waals surface area contributed by atoms with Gasteiger partial charge in [0.05, 0.1) is 10.5 Å². The van der Waals surface area contributed by atoms with Crippen LogP contribution in [0, 0.1) is 13.8 Å². The fraction of sp³-hybridized carbons (Fsp3) is 0.727. The van der Waals surface area contributed by atoms with E-state index in [1.165, 1.54) is 55.2 Å². The predicted molar refractivity (Wildman–Crippen MR) is 108 cm³/mol. The topological polar surface area (TPSA) is 34.1 Å². The molecule has 25 heavy (non-hydrogen) atoms. The summed E-state index contributed by atoms with van der Waals surface area (Å²) < 4.78 is 23.6. The third kappa shape index (κ3) is 5.09. The largest absolute Gasteiger partial charge is 0.228 e. The second-order valence-corrected chi connectivity index (χ2v) is 11.6. The van der Waals surface area contributed by atoms with Crippen molar-refractivity contribution in [2.75, 3.05) is 5.75 Å². The zero-order chi connectivity index (χ0) is 18.7. The molecule has 0 bridgehead atoms. The van der Waals surface area contributed by atoms with Crippen LogP contribution in [0.15, 0.2) is 6.07 Å². The fourth-order valence-electron chi connectivity index (χ4n) is 3.95. The molecule has 3 heteroatoms. The quantitative estimate of drug-likeness (QED) is 0.571. The van der Waals surface area contributed by atoms with Gasteiger partial charge < -0.3 is 0 Å². The van der Waals surface area contributed by atoms with Gasteiger partial charge in [0.1, 0.15) is 0 Å². The Hall–Kier alpha value is -0.830. The van der Waals surface area contributed by atoms with Crippen molar-refractivity contribution in [1.82, 2.24) is 0 Å². The molecule has 0 aliphatic heterocycles. The monoisotopic (exact) mass is 364 g/mol. The van der Waals surface area contributed by atoms with Crippen molar-refractivity contribution in [3.8, 4) is 0 Å². The Morgan fingerprint density at radius 3 is 2.20 bits per heavy atom. The molecule has 0 atom stereocenters. The molecule has 142 valence electrons. The molecule has 1 aromatic carbocycles. The second kappa shape index (κ2) is 8.24. The number of aryl methyl sites for hydroxylation is 2. The molecular weight excluding hydrogens is 328 g/mol. The third-order valence-electron chi connectivity index (χ3n) is 5.81. The molecule has 1 aromatic rings. The number of fused-ring (bicyclic) bond motifs is 1. The van der Waals surface area contributed by atoms with Crippen molar-refractivity contribution in [1.29, 1.82) is 0 Å². The Bertz CT molecular complexity index is 694. The van der Waals surface area contributed by atoms with Crippen LogP contribution in [0.2, 0.25) is 0 Å². The normalized spacial score (nSPS) is 14.8. The first-order valence-electron chi connectivity index (χ1n) is 9.96. The standard InChI is InChI=1S/C22H36O2S/c1-17-16-19(18(2)21-14-11-13-20(17)21)12-9-7-6-8-10-15-25(23,24)22(3,4)5/h16H,6-15H2,1-5H3. The zero-order valence-electron chi connectivity index (χ0n) is 16.9. The summed E-state index contributed by atoms with van der Waals surface area (Å²) in [4.78, 5) is 0. The Morgan fingerprint density at radius 2 is 1.52 bits per heavy atom. The van der Waals surface area contributed by atoms with E-state index in [1.807, 2.05) is 0 Å². The van der Waals surface area contributed by atoms with E-state index < -0.39 is 14.6 Å². The van der Waals surface area contributed by atoms with Crippen molar-refractivity contribution in [3.05, 3.63) is 33.9 Å². The lowest BCUT2D eigenvalue weighted by atomic mass is 9.92. The fourth-order valence-corrected chi connectivity index (χ4v) is 5.14. The zero-order valence-corrected chi connectivity index (χ0v) is 17.7. The summed E-state index contributed by atoms with van der Waals surface area (Å²) >= 11 is 0. The van der Waals surface area contributed by atoms with Gasteiger partial charge in [-0.15, -0.1) is 0 Å². The molecule has 0 fully saturated rings. The highest BCUT2D eigenvalue weighted by atomic mass is 32.2. The number of hydrogen-bond donors (Lipinski definition) is 0. The lowest BCUT2D eigenvalue weighted by molar-refractivity contribution is 0.552. The van der Waals surface area contributed by atoms with Crippen LogP contribution in [0.4, 0.5) is 0 Å². The van der Waals surface area contributed by atoms with Gasteiger partial charge in [-0.25, -0.2) is 8.42 Å². The van der Waals surface area contributed by atoms with Crippen LogP contribution in [0.5, 0.6) is 0 Å². The van der Waals surface area contributed by atoms with E-state index in [-0.39, 0.29) is 0 Å². The highest BCUT2D eigenvalue weighted by Crippen LogP contribution is 2.31. The van der Waals surface area contributed by atoms with Gasteiger partial charge in [-0.1, -0.05) is 25.3 Å². The molecule has 2 rings (SSSR count). The average molecular weight is 365 g/mol. The van der Waals surface area contributed by atoms with Gasteiger partial charge in [-0.2, -0.15) is 0 Å². The molecule has 0 aromatic heterocycles. The molecule has 1 aliphatic rings. The van der Waals surface area contributed by atoms with Gasteiger partial charge in [0.15, 0.2) is 9.84 Å². The van der Waals surface area contributed by atoms with E-state index in [1.54, 1.807) is 31.9 Å². The smallest absolute Gasteiger partial charge is 0.155 e. The Balaban J connectivity index is 1.72. The summed E-state index contributed by atoms with van der Waals surface area (Å²) in [5.41, 5.74) is 7.80. The van der Waals surface area contributed by atoms with Crippen LogP contribution in [0.25, 0.3) is 0 Å². The first-order chi connectivity index (χ1) is 11.6. The van der Waals surface area contributed by atoms with E-state index in [2.05, 4.69) is 19.9 Å². The minimum absolute atomic E-state index is 0.333. The Morgan fingerprint density at radius 1 is 0.920 bits per heavy atom. The third-order valence-corrected chi connectivity index (χ3v) is 8.50. The molecule has 2 nitrogen and oxygen atoms in total. The lowest BCUT2D eigenvalue weighted by Crippen LogP contribution is -2.30. The van der Waals surface area contributed by atoms with Crippen LogP contribution < -0.4 is 0 Å². The molecular formula is C22H36O2S. The maximum atomic E-state index is 12.1. The van der Waals surface area contributed by atoms with E-state index >= 15 is 0 Å². The molecule has 0 radical (unpaired) electrons. The van der Waals surface area contributed by atoms with Crippen molar-refractivity contribution in [2.45, 2.75) is 97.2 Å². The first kappa shape index (κ1) is 20.5. The van der Waals surface area contributed by atoms with Crippen molar-refractivity contribution < 1.29 is 8.42 Å². The van der Waals surface area contributed by atoms with Crippen molar-refractivity contribution in [3.63, 3.8) is 0 Å². The van der Waals surface area contributed by atoms with E-state index in [0.717, 1.165) is 19.3 Å². The van der Waals surface area contributed by atoms with Gasteiger partial charge in [0.2, 0.25) is 0 Å². The van der Waals surface area contributed by atoms with Crippen molar-refractivity contribution >= 4 is 9.84 Å². The van der Waals surface area contributed by atoms with Gasteiger partial charge in [0.25, 0.3) is 0 Å². The number of rotatable bonds is 8. The summed E-state index contributed by atoms with van der Waals surface area (Å²) in [6.07, 6.45) is 10.4. The van der Waals surface area contributed by atoms with Crippen LogP contribution in [0.3, 0.4) is 0 Å². The number of sulfone groups is 1. The molecule has 0 unspecified atom stereocenters. The van der Waals surface area contributed by atoms with E-state index in [0.29, 0.717) is 5.75 Å². The van der Waals surface area contributed by atoms with Gasteiger partial charge in [-0.05, 0) is 101 Å². The minimum Gasteiger partial charge on any atom is -0.228 e. The number of hydrogen-bond acceptors (Lipinski definition) is 2. The second-order valence-electron chi connectivity index (χ2n) is 8.74. The molecule has 0 spiro atoms. The van der Waals surface area contributed by atoms with Crippen LogP contribution >= 0.6 is 0 Å². The van der Waals surface area contributed by atoms with Gasteiger partial charge in [0, 0.05) is 0 Å². The SMILES string of the molecule is Cc1cc(CCCCCCCS(=O)(=O)C(C)(C)C)c(C)c2c1CCC2. The molecule has 0 saturated heterocycles. The summed E-state index contributed by atoms with van der Waals surface area (Å²) in [7, 11) is -2.95. The average Bonchev–Trinajstić information content (AvgIpc) is 3.00. The van der Waals surface area contributed by atoms with Gasteiger partial charge >= 0.3 is 0 Å². The van der Waals surface area contributed by atoms with Crippen LogP contribution in [0.1, 0.15) is 87.1 Å². The predicted octanol–water partition coefficient (Wildman–Crippen LogP) is 5.50. The van der Waals surface area contributed by atoms with Crippen LogP contribution in [-0.2, 0) is 29.1 Å². The molecule has 0 saturated carbocycles. The first-order valence-corrected chi connectivity index (χ1v) is 11.6. The lowest BCUT2D eigenvalue weighted by Gasteiger charge is -2.18. The van der Waals surface area contributed by atoms with Crippen LogP contribution in [-0.4, -0.2) is 18.9 Å². The summed E-state index contributed by atoms with van der Waals surface area (Å²) in [6, 6.07) is 2.41. The van der Waals surface area contributed by atoms with Gasteiger partial charge in [-0.3, -0.25) is 0 Å². The van der Waals surface area contributed by atoms with E-state index in [9.17, 15) is 8.42 Å². The highest BCUT2D eigenvalue weighted by molar-refractivity contribution is 7.92. The maximum Gasteiger partial charge on any atom is 0.155 e. The number of benzene rings is 1. The van der Waals surface area contributed by atoms with Crippen molar-refractivity contribution in [2.24, 2.45) is 0 Å². The Labute approximate surface area is 155 Å². The minimum atomic E-state index is -2.95.